The van der Waals surface area contributed by atoms with Crippen LogP contribution in [0.5, 0.6) is 5.75 Å². The van der Waals surface area contributed by atoms with Gasteiger partial charge in [0.2, 0.25) is 11.0 Å². The molecule has 3 aliphatic carbocycles. The van der Waals surface area contributed by atoms with Crippen molar-refractivity contribution < 1.29 is 53.5 Å². The molecule has 0 bridgehead atoms. The first-order valence-electron chi connectivity index (χ1n) is 36.6. The van der Waals surface area contributed by atoms with Gasteiger partial charge < -0.3 is 66.3 Å². The van der Waals surface area contributed by atoms with Crippen molar-refractivity contribution in [2.45, 2.75) is 88.8 Å². The summed E-state index contributed by atoms with van der Waals surface area (Å²) in [4.78, 5) is 66.8. The third kappa shape index (κ3) is 19.6. The SMILES string of the molecule is CN(C)CCOc1ccc(/C(=C(/CCCl)c2ccccc2)c2ccccc2)cc1.C[C@]12C=CC(=O)C=C1CC[C@@H]1[C@@H]2CC[C@]2(C)OC(=O)CC[C@@H]12.NC(=O)c1csc([C@@H]2O[C@H](CO)[C@@H](O)[C@H]2O)n1.Nc1n[n+]([O-])c2ccccc2[n+]1[O-].Nc1nc(=S)c2[nH]cnc2[nH]1.S=P(N1CC1)(N1CC1)N1CC1.c1ncc2ncsc2n1. The van der Waals surface area contributed by atoms with Crippen molar-refractivity contribution in [3.05, 3.63) is 205 Å². The van der Waals surface area contributed by atoms with Crippen LogP contribution in [0.15, 0.2) is 163 Å². The Morgan fingerprint density at radius 2 is 1.50 bits per heavy atom. The molecule has 0 radical (unpaired) electrons. The van der Waals surface area contributed by atoms with Crippen LogP contribution in [-0.4, -0.2) is 200 Å². The predicted molar refractivity (Wildman–Crippen MR) is 437 cm³/mol. The number of ketones is 1. The molecule has 8 aliphatic rings. The first-order valence-corrected chi connectivity index (χ1v) is 42.0. The molecule has 0 unspecified atom stereocenters. The minimum atomic E-state index is -1.27. The molecule has 5 aliphatic heterocycles. The number of nitrogens with zero attached hydrogens (tertiary/aromatic N) is 13. The predicted octanol–water partition coefficient (Wildman–Crippen LogP) is 9.13. The van der Waals surface area contributed by atoms with Gasteiger partial charge in [0.1, 0.15) is 81.8 Å². The van der Waals surface area contributed by atoms with Crippen LogP contribution in [0.25, 0.3) is 43.7 Å². The molecular weight excluding hydrogens is 1550 g/mol. The number of amides is 1. The molecule has 590 valence electrons. The number of aliphatic hydroxyl groups is 3. The number of H-pyrrole nitrogens is 2. The summed E-state index contributed by atoms with van der Waals surface area (Å²) in [7, 11) is 4.09. The number of imidazole rings is 1. The normalized spacial score (nSPS) is 23.6. The molecule has 112 heavy (non-hydrogen) atoms. The van der Waals surface area contributed by atoms with E-state index in [9.17, 15) is 35.0 Å². The monoisotopic (exact) mass is 1640 g/mol. The smallest absolute Gasteiger partial charge is 0.458 e. The number of anilines is 2. The largest absolute Gasteiger partial charge is 0.739 e. The topological polar surface area (TPSA) is 406 Å². The van der Waals surface area contributed by atoms with Gasteiger partial charge in [0.25, 0.3) is 11.4 Å². The standard InChI is InChI=1S/C26H28ClNO.C19H24O3.C9H12N2O5S.C7H6N4O2.C6H12N3PS.C5H5N5S.C5H3N3S/c1-28(2)19-20-29-24-15-13-23(14-16-24)26(22-11-7-4-8-12-22)25(17-18-27)21-9-5-3-6-10-21;1-18-9-7-13(20)11-12(18)3-4-14-15(18)8-10-19(2)16(14)5-6-17(21)22-19;10-8(15)3-2-17-9(11-3)7-6(14)5(13)4(1-12)16-7;8-7-9-11(13)6-4-2-1-3-5(6)10(7)12;11-10(7-1-2-7,8-3-4-8)9-5-6-9;6-5-9-3-2(4(11)10-5)7-1-8-3;1-4-5(7-2-6-1)9-3-8-4/h3-16H,17-20H2,1-2H3;7,9,11,14-16H,3-6,8,10H2,1-2H3;2,4-7,12-14H,1H2,(H2,10,15);1-4H,(H2,8,9);1-6H2;1H,(H4,6,7,8,9,10,11);1-3H/b26-25-;;;;;;/t;14-,15+,16+,18+,19+;4-,5-,6-,7-;;;;/m.11..../s1. The molecule has 18 rings (SSSR count). The minimum Gasteiger partial charge on any atom is -0.739 e. The number of halogens is 1. The van der Waals surface area contributed by atoms with Gasteiger partial charge in [-0.2, -0.15) is 0 Å². The number of alkyl halides is 1. The van der Waals surface area contributed by atoms with Crippen LogP contribution >= 0.6 is 53.0 Å². The van der Waals surface area contributed by atoms with Crippen LogP contribution in [0.2, 0.25) is 0 Å². The molecule has 2 saturated carbocycles. The number of thiazole rings is 2. The van der Waals surface area contributed by atoms with Crippen LogP contribution < -0.4 is 31.5 Å². The van der Waals surface area contributed by atoms with Gasteiger partial charge in [-0.05, 0) is 141 Å². The molecule has 11 heterocycles. The zero-order valence-corrected chi connectivity index (χ0v) is 67.1. The molecular formula is C77H90ClN18O11PS4. The first-order chi connectivity index (χ1) is 53.9. The number of para-hydroxylation sites is 2. The Kier molecular flexibility index (Phi) is 27.1. The fourth-order valence-corrected chi connectivity index (χ4v) is 21.0. The van der Waals surface area contributed by atoms with Gasteiger partial charge >= 0.3 is 11.9 Å². The highest BCUT2D eigenvalue weighted by molar-refractivity contribution is 8.11. The Hall–Kier alpha value is -9.03. The summed E-state index contributed by atoms with van der Waals surface area (Å²) in [5.74, 6) is 2.50. The highest BCUT2D eigenvalue weighted by atomic mass is 35.5. The van der Waals surface area contributed by atoms with Gasteiger partial charge in [0.15, 0.2) is 21.6 Å². The van der Waals surface area contributed by atoms with Gasteiger partial charge in [-0.15, -0.1) is 34.3 Å². The van der Waals surface area contributed by atoms with Crippen molar-refractivity contribution in [1.29, 1.82) is 0 Å². The number of carbonyl (C=O) groups is 3. The number of hydrogen-bond acceptors (Lipinski definition) is 25. The fraction of sp³-hybridized carbons (Fsp3) is 0.390. The van der Waals surface area contributed by atoms with Crippen molar-refractivity contribution >= 4 is 138 Å². The molecule has 11 N–H and O–H groups in total. The summed E-state index contributed by atoms with van der Waals surface area (Å²) in [5.41, 5.74) is 27.3. The van der Waals surface area contributed by atoms with Gasteiger partial charge in [0, 0.05) is 85.7 Å². The second kappa shape index (κ2) is 36.8. The maximum absolute atomic E-state index is 11.7. The molecule has 1 amide bonds. The van der Waals surface area contributed by atoms with E-state index in [2.05, 4.69) is 157 Å². The quantitative estimate of drug-likeness (QED) is 0.00692. The number of nitrogens with one attached hydrogen (secondary N) is 2. The Bertz CT molecular complexity index is 5080. The van der Waals surface area contributed by atoms with Gasteiger partial charge in [0.05, 0.1) is 24.6 Å². The lowest BCUT2D eigenvalue weighted by atomic mass is 9.49. The van der Waals surface area contributed by atoms with E-state index >= 15 is 0 Å². The number of benzene rings is 4. The van der Waals surface area contributed by atoms with Gasteiger partial charge in [-0.3, -0.25) is 20.1 Å². The van der Waals surface area contributed by atoms with Crippen molar-refractivity contribution in [2.75, 3.05) is 90.5 Å². The summed E-state index contributed by atoms with van der Waals surface area (Å²) in [6.07, 6.45) is 13.0. The highest BCUT2D eigenvalue weighted by Crippen LogP contribution is 2.66. The van der Waals surface area contributed by atoms with Crippen molar-refractivity contribution in [3.8, 4) is 5.75 Å². The number of aromatic amines is 2. The average Bonchev–Trinajstić information content (AvgIpc) is 1.25. The molecule has 29 nitrogen and oxygen atoms in total. The number of likely N-dealkylation sites (N-methyl/N-ethyl adjacent to an activating group) is 1. The van der Waals surface area contributed by atoms with E-state index in [1.807, 2.05) is 32.3 Å². The Balaban J connectivity index is 0.000000126. The second-order valence-electron chi connectivity index (χ2n) is 28.4. The van der Waals surface area contributed by atoms with E-state index < -0.39 is 43.4 Å². The number of nitrogens with two attached hydrogens (primary N) is 3. The zero-order chi connectivity index (χ0) is 79.4. The average molecular weight is 1640 g/mol. The minimum absolute atomic E-state index is 0.0250. The fourth-order valence-electron chi connectivity index (χ4n) is 14.7. The first kappa shape index (κ1) is 82.4. The number of nitrogen functional groups attached to an aromatic ring is 2. The molecule has 5 saturated heterocycles. The highest BCUT2D eigenvalue weighted by Gasteiger charge is 2.57. The molecule has 35 heteroatoms. The molecule has 7 fully saturated rings. The lowest BCUT2D eigenvalue weighted by Gasteiger charge is -2.58. The van der Waals surface area contributed by atoms with E-state index in [1.165, 1.54) is 114 Å². The van der Waals surface area contributed by atoms with Gasteiger partial charge in [-0.25, -0.2) is 48.6 Å². The Morgan fingerprint density at radius 3 is 2.12 bits per heavy atom. The number of rotatable bonds is 15. The summed E-state index contributed by atoms with van der Waals surface area (Å²) >= 11 is 19.5. The summed E-state index contributed by atoms with van der Waals surface area (Å²) in [6.45, 7) is 11.9. The van der Waals surface area contributed by atoms with E-state index in [1.54, 1.807) is 29.9 Å². The Labute approximate surface area is 670 Å². The van der Waals surface area contributed by atoms with Crippen LogP contribution in [0.4, 0.5) is 11.9 Å². The van der Waals surface area contributed by atoms with E-state index in [0.717, 1.165) is 72.5 Å². The zero-order valence-electron chi connectivity index (χ0n) is 62.2. The molecule has 9 atom stereocenters. The number of allylic oxidation sites excluding steroid dienone is 5. The Morgan fingerprint density at radius 1 is 0.839 bits per heavy atom. The van der Waals surface area contributed by atoms with Crippen LogP contribution in [0.3, 0.4) is 0 Å². The maximum atomic E-state index is 11.7. The van der Waals surface area contributed by atoms with Crippen LogP contribution in [-0.2, 0) is 30.9 Å². The number of aromatic nitrogens is 11. The number of fused-ring (bicyclic) bond motifs is 8. The number of esters is 1. The lowest BCUT2D eigenvalue weighted by molar-refractivity contribution is -0.672. The third-order valence-electron chi connectivity index (χ3n) is 20.7. The van der Waals surface area contributed by atoms with Crippen molar-refractivity contribution in [2.24, 2.45) is 28.9 Å². The molecule has 10 aromatic rings. The molecule has 6 aromatic heterocycles. The van der Waals surface area contributed by atoms with E-state index in [-0.39, 0.29) is 51.4 Å². The number of aliphatic hydroxyl groups excluding tert-OH is 3. The van der Waals surface area contributed by atoms with Crippen molar-refractivity contribution in [3.63, 3.8) is 0 Å². The van der Waals surface area contributed by atoms with Crippen LogP contribution in [0, 0.1) is 38.2 Å². The maximum Gasteiger partial charge on any atom is 0.458 e. The van der Waals surface area contributed by atoms with Crippen LogP contribution in [0.1, 0.15) is 97.1 Å². The number of carbonyl (C=O) groups excluding carboxylic acids is 3. The lowest BCUT2D eigenvalue weighted by Crippen LogP contribution is -2.56. The molecule has 0 spiro atoms. The summed E-state index contributed by atoms with van der Waals surface area (Å²) < 4.78 is 25.2. The summed E-state index contributed by atoms with van der Waals surface area (Å²) in [6, 6.07) is 35.7. The van der Waals surface area contributed by atoms with E-state index in [0.29, 0.717) is 67.0 Å². The summed E-state index contributed by atoms with van der Waals surface area (Å²) in [5, 5.41) is 55.7. The van der Waals surface area contributed by atoms with E-state index in [4.69, 9.17) is 72.1 Å². The third-order valence-corrected chi connectivity index (χ3v) is 28.3. The van der Waals surface area contributed by atoms with Gasteiger partial charge in [-0.1, -0.05) is 116 Å². The number of hydrogen-bond donors (Lipinski definition) is 8. The van der Waals surface area contributed by atoms with Crippen molar-refractivity contribution in [1.82, 2.24) is 63.9 Å². The molecule has 4 aromatic carbocycles. The second-order valence-corrected chi connectivity index (χ2v) is 35.1. The number of ether oxygens (including phenoxy) is 3. The number of primary amides is 1.